The quantitative estimate of drug-likeness (QED) is 0.787. The maximum atomic E-state index is 12.1. The third kappa shape index (κ3) is 6.29. The van der Waals surface area contributed by atoms with Crippen LogP contribution in [0.2, 0.25) is 0 Å². The molecule has 1 aromatic carbocycles. The molecular formula is C17H26O3S. The summed E-state index contributed by atoms with van der Waals surface area (Å²) >= 11 is 0. The van der Waals surface area contributed by atoms with Crippen molar-refractivity contribution in [3.05, 3.63) is 35.4 Å². The van der Waals surface area contributed by atoms with Gasteiger partial charge < -0.3 is 9.84 Å². The number of benzene rings is 1. The first-order chi connectivity index (χ1) is 10.3. The standard InChI is InChI=1S/C17H26O3S/c18-13-15-7-9-16(10-8-15)14-21(19)12-11-20-17-5-3-1-2-4-6-17/h7-10,17-18H,1-6,11-14H2. The first kappa shape index (κ1) is 16.7. The van der Waals surface area contributed by atoms with E-state index in [1.165, 1.54) is 25.7 Å². The fraction of sp³-hybridized carbons (Fsp3) is 0.647. The molecule has 1 saturated carbocycles. The van der Waals surface area contributed by atoms with Crippen molar-refractivity contribution >= 4 is 10.8 Å². The number of hydrogen-bond donors (Lipinski definition) is 1. The molecule has 0 spiro atoms. The van der Waals surface area contributed by atoms with Crippen LogP contribution in [0.15, 0.2) is 24.3 Å². The zero-order chi connectivity index (χ0) is 14.9. The molecule has 1 aromatic rings. The maximum absolute atomic E-state index is 12.1. The van der Waals surface area contributed by atoms with Gasteiger partial charge in [0.2, 0.25) is 0 Å². The van der Waals surface area contributed by atoms with E-state index in [2.05, 4.69) is 0 Å². The van der Waals surface area contributed by atoms with Crippen LogP contribution in [0.1, 0.15) is 49.7 Å². The smallest absolute Gasteiger partial charge is 0.0681 e. The van der Waals surface area contributed by atoms with Crippen molar-refractivity contribution in [2.24, 2.45) is 0 Å². The van der Waals surface area contributed by atoms with Crippen molar-refractivity contribution in [1.82, 2.24) is 0 Å². The second-order valence-corrected chi connectivity index (χ2v) is 7.32. The molecule has 0 heterocycles. The second kappa shape index (κ2) is 9.34. The van der Waals surface area contributed by atoms with Crippen molar-refractivity contribution < 1.29 is 14.1 Å². The fourth-order valence-electron chi connectivity index (χ4n) is 2.72. The molecule has 0 amide bonds. The maximum Gasteiger partial charge on any atom is 0.0681 e. The number of ether oxygens (including phenoxy) is 1. The third-order valence-electron chi connectivity index (χ3n) is 4.00. The molecule has 1 aliphatic carbocycles. The van der Waals surface area contributed by atoms with Gasteiger partial charge in [-0.15, -0.1) is 0 Å². The summed E-state index contributed by atoms with van der Waals surface area (Å²) in [6.45, 7) is 0.657. The summed E-state index contributed by atoms with van der Waals surface area (Å²) in [4.78, 5) is 0. The molecule has 3 nitrogen and oxygen atoms in total. The lowest BCUT2D eigenvalue weighted by atomic mass is 10.1. The molecule has 0 aliphatic heterocycles. The number of aliphatic hydroxyl groups is 1. The van der Waals surface area contributed by atoms with Gasteiger partial charge in [0.25, 0.3) is 0 Å². The summed E-state index contributed by atoms with van der Waals surface area (Å²) in [6, 6.07) is 7.65. The average molecular weight is 310 g/mol. The molecule has 0 aromatic heterocycles. The van der Waals surface area contributed by atoms with Gasteiger partial charge in [0.1, 0.15) is 0 Å². The van der Waals surface area contributed by atoms with Gasteiger partial charge >= 0.3 is 0 Å². The fourth-order valence-corrected chi connectivity index (χ4v) is 3.71. The van der Waals surface area contributed by atoms with Gasteiger partial charge in [-0.2, -0.15) is 0 Å². The second-order valence-electron chi connectivity index (χ2n) is 5.75. The average Bonchev–Trinajstić information content (AvgIpc) is 2.77. The van der Waals surface area contributed by atoms with Crippen LogP contribution in [0, 0.1) is 0 Å². The lowest BCUT2D eigenvalue weighted by Crippen LogP contribution is -2.16. The number of aliphatic hydroxyl groups excluding tert-OH is 1. The van der Waals surface area contributed by atoms with Gasteiger partial charge in [-0.25, -0.2) is 0 Å². The van der Waals surface area contributed by atoms with E-state index in [0.717, 1.165) is 24.0 Å². The Morgan fingerprint density at radius 2 is 1.67 bits per heavy atom. The molecule has 1 fully saturated rings. The number of hydrogen-bond acceptors (Lipinski definition) is 3. The molecule has 0 bridgehead atoms. The van der Waals surface area contributed by atoms with Gasteiger partial charge in [0, 0.05) is 22.3 Å². The Morgan fingerprint density at radius 1 is 1.05 bits per heavy atom. The molecule has 118 valence electrons. The molecule has 21 heavy (non-hydrogen) atoms. The van der Waals surface area contributed by atoms with Crippen LogP contribution in [0.4, 0.5) is 0 Å². The van der Waals surface area contributed by atoms with Crippen molar-refractivity contribution in [2.75, 3.05) is 12.4 Å². The summed E-state index contributed by atoms with van der Waals surface area (Å²) in [5.41, 5.74) is 1.95. The predicted octanol–water partition coefficient (Wildman–Crippen LogP) is 3.17. The Bertz CT molecular complexity index is 422. The van der Waals surface area contributed by atoms with E-state index >= 15 is 0 Å². The summed E-state index contributed by atoms with van der Waals surface area (Å²) < 4.78 is 17.9. The topological polar surface area (TPSA) is 46.5 Å². The Balaban J connectivity index is 1.66. The van der Waals surface area contributed by atoms with E-state index in [1.54, 1.807) is 0 Å². The van der Waals surface area contributed by atoms with Crippen molar-refractivity contribution in [3.63, 3.8) is 0 Å². The molecule has 1 atom stereocenters. The third-order valence-corrected chi connectivity index (χ3v) is 5.28. The van der Waals surface area contributed by atoms with E-state index in [4.69, 9.17) is 9.84 Å². The summed E-state index contributed by atoms with van der Waals surface area (Å²) in [6.07, 6.45) is 7.90. The minimum atomic E-state index is -0.876. The van der Waals surface area contributed by atoms with Crippen LogP contribution in [0.25, 0.3) is 0 Å². The highest BCUT2D eigenvalue weighted by molar-refractivity contribution is 7.84. The Kier molecular flexibility index (Phi) is 7.41. The Morgan fingerprint density at radius 3 is 2.29 bits per heavy atom. The molecule has 4 heteroatoms. The first-order valence-corrected chi connectivity index (χ1v) is 9.42. The molecule has 2 rings (SSSR count). The highest BCUT2D eigenvalue weighted by Crippen LogP contribution is 2.19. The van der Waals surface area contributed by atoms with Crippen LogP contribution in [0.3, 0.4) is 0 Å². The molecule has 0 saturated heterocycles. The van der Waals surface area contributed by atoms with Gasteiger partial charge in [-0.1, -0.05) is 49.9 Å². The van der Waals surface area contributed by atoms with Gasteiger partial charge in [0.05, 0.1) is 19.3 Å². The normalized spacial score (nSPS) is 18.3. The zero-order valence-corrected chi connectivity index (χ0v) is 13.4. The monoisotopic (exact) mass is 310 g/mol. The van der Waals surface area contributed by atoms with E-state index in [-0.39, 0.29) is 6.61 Å². The summed E-state index contributed by atoms with van der Waals surface area (Å²) in [5, 5.41) is 8.99. The predicted molar refractivity (Wildman–Crippen MR) is 86.5 cm³/mol. The van der Waals surface area contributed by atoms with Crippen LogP contribution in [-0.2, 0) is 27.9 Å². The lowest BCUT2D eigenvalue weighted by molar-refractivity contribution is 0.0539. The van der Waals surface area contributed by atoms with Crippen LogP contribution < -0.4 is 0 Å². The van der Waals surface area contributed by atoms with Crippen LogP contribution >= 0.6 is 0 Å². The van der Waals surface area contributed by atoms with Crippen molar-refractivity contribution in [3.8, 4) is 0 Å². The number of rotatable bonds is 7. The lowest BCUT2D eigenvalue weighted by Gasteiger charge is -2.15. The molecule has 1 unspecified atom stereocenters. The zero-order valence-electron chi connectivity index (χ0n) is 12.6. The Labute approximate surface area is 130 Å². The van der Waals surface area contributed by atoms with Crippen molar-refractivity contribution in [2.45, 2.75) is 57.0 Å². The van der Waals surface area contributed by atoms with E-state index in [0.29, 0.717) is 24.2 Å². The first-order valence-electron chi connectivity index (χ1n) is 7.93. The van der Waals surface area contributed by atoms with E-state index in [1.807, 2.05) is 24.3 Å². The molecule has 1 N–H and O–H groups in total. The van der Waals surface area contributed by atoms with Gasteiger partial charge in [-0.3, -0.25) is 4.21 Å². The van der Waals surface area contributed by atoms with E-state index < -0.39 is 10.8 Å². The summed E-state index contributed by atoms with van der Waals surface area (Å²) in [5.74, 6) is 1.18. The highest BCUT2D eigenvalue weighted by Gasteiger charge is 2.12. The molecule has 0 radical (unpaired) electrons. The highest BCUT2D eigenvalue weighted by atomic mass is 32.2. The SMILES string of the molecule is O=S(CCOC1CCCCCC1)Cc1ccc(CO)cc1. The minimum Gasteiger partial charge on any atom is -0.392 e. The van der Waals surface area contributed by atoms with Crippen LogP contribution in [-0.4, -0.2) is 27.8 Å². The van der Waals surface area contributed by atoms with Gasteiger partial charge in [-0.05, 0) is 24.0 Å². The molecule has 1 aliphatic rings. The van der Waals surface area contributed by atoms with Crippen LogP contribution in [0.5, 0.6) is 0 Å². The van der Waals surface area contributed by atoms with E-state index in [9.17, 15) is 4.21 Å². The largest absolute Gasteiger partial charge is 0.392 e. The minimum absolute atomic E-state index is 0.0542. The summed E-state index contributed by atoms with van der Waals surface area (Å²) in [7, 11) is -0.876. The van der Waals surface area contributed by atoms with Gasteiger partial charge in [0.15, 0.2) is 0 Å². The Hall–Kier alpha value is -0.710. The van der Waals surface area contributed by atoms with Crippen molar-refractivity contribution in [1.29, 1.82) is 0 Å². The molecular weight excluding hydrogens is 284 g/mol.